The molecule has 1 heterocycles. The summed E-state index contributed by atoms with van der Waals surface area (Å²) in [6.45, 7) is 6.83. The van der Waals surface area contributed by atoms with Crippen LogP contribution in [0.15, 0.2) is 59.6 Å². The molecule has 0 bridgehead atoms. The number of carbonyl (C=O) groups is 1. The Kier molecular flexibility index (Phi) is 11.7. The highest BCUT2D eigenvalue weighted by molar-refractivity contribution is 14.0. The lowest BCUT2D eigenvalue weighted by Crippen LogP contribution is -2.48. The van der Waals surface area contributed by atoms with E-state index in [0.29, 0.717) is 12.6 Å². The molecule has 0 radical (unpaired) electrons. The maximum atomic E-state index is 12.2. The van der Waals surface area contributed by atoms with Crippen LogP contribution >= 0.6 is 24.0 Å². The molecule has 3 rings (SSSR count). The van der Waals surface area contributed by atoms with Gasteiger partial charge in [-0.25, -0.2) is 0 Å². The van der Waals surface area contributed by atoms with E-state index in [9.17, 15) is 4.79 Å². The first-order valence-electron chi connectivity index (χ1n) is 11.7. The third-order valence-electron chi connectivity index (χ3n) is 5.77. The van der Waals surface area contributed by atoms with Gasteiger partial charge in [0.15, 0.2) is 5.96 Å². The zero-order chi connectivity index (χ0) is 22.8. The number of amides is 1. The summed E-state index contributed by atoms with van der Waals surface area (Å²) in [5.74, 6) is 0.915. The van der Waals surface area contributed by atoms with Gasteiger partial charge in [-0.1, -0.05) is 42.5 Å². The zero-order valence-electron chi connectivity index (χ0n) is 20.1. The molecule has 2 N–H and O–H groups in total. The third-order valence-corrected chi connectivity index (χ3v) is 5.77. The normalized spacial score (nSPS) is 14.9. The second-order valence-corrected chi connectivity index (χ2v) is 8.59. The number of hydrogen-bond acceptors (Lipinski definition) is 3. The van der Waals surface area contributed by atoms with Crippen molar-refractivity contribution in [2.75, 3.05) is 40.3 Å². The van der Waals surface area contributed by atoms with Gasteiger partial charge >= 0.3 is 0 Å². The van der Waals surface area contributed by atoms with Crippen molar-refractivity contribution in [3.8, 4) is 0 Å². The number of aliphatic imine (C=N–C) groups is 1. The number of halogens is 1. The van der Waals surface area contributed by atoms with Gasteiger partial charge in [0.2, 0.25) is 0 Å². The van der Waals surface area contributed by atoms with E-state index in [1.165, 1.54) is 5.56 Å². The average molecular weight is 564 g/mol. The molecule has 0 spiro atoms. The van der Waals surface area contributed by atoms with Gasteiger partial charge in [-0.2, -0.15) is 0 Å². The summed E-state index contributed by atoms with van der Waals surface area (Å²) in [4.78, 5) is 21.1. The second kappa shape index (κ2) is 14.2. The topological polar surface area (TPSA) is 60.0 Å². The summed E-state index contributed by atoms with van der Waals surface area (Å²) in [6, 6.07) is 19.0. The highest BCUT2D eigenvalue weighted by Gasteiger charge is 2.20. The van der Waals surface area contributed by atoms with Crippen LogP contribution in [-0.4, -0.2) is 68.0 Å². The Balaban J connectivity index is 0.00000385. The Morgan fingerprint density at radius 1 is 1.06 bits per heavy atom. The summed E-state index contributed by atoms with van der Waals surface area (Å²) in [5, 5.41) is 7.00. The van der Waals surface area contributed by atoms with E-state index in [4.69, 9.17) is 4.99 Å². The van der Waals surface area contributed by atoms with Crippen molar-refractivity contribution >= 4 is 35.8 Å². The summed E-state index contributed by atoms with van der Waals surface area (Å²) < 4.78 is 0. The Bertz CT molecular complexity index is 879. The first-order chi connectivity index (χ1) is 15.5. The fourth-order valence-electron chi connectivity index (χ4n) is 4.01. The molecule has 0 saturated carbocycles. The first kappa shape index (κ1) is 27.1. The molecule has 0 aliphatic carbocycles. The van der Waals surface area contributed by atoms with Crippen molar-refractivity contribution in [3.05, 3.63) is 71.3 Å². The number of benzene rings is 2. The van der Waals surface area contributed by atoms with Crippen LogP contribution < -0.4 is 10.6 Å². The van der Waals surface area contributed by atoms with Gasteiger partial charge in [0.05, 0.1) is 0 Å². The summed E-state index contributed by atoms with van der Waals surface area (Å²) >= 11 is 0. The van der Waals surface area contributed by atoms with E-state index in [-0.39, 0.29) is 29.9 Å². The van der Waals surface area contributed by atoms with E-state index < -0.39 is 0 Å². The lowest BCUT2D eigenvalue weighted by molar-refractivity contribution is 0.0827. The SMILES string of the molecule is CCNC(=NCCc1cccc(C(=O)N(C)C)c1)NC1CCN(Cc2ccccc2)CC1.I. The molecule has 7 heteroatoms. The minimum atomic E-state index is 0. The molecule has 1 aliphatic heterocycles. The molecule has 33 heavy (non-hydrogen) atoms. The fourth-order valence-corrected chi connectivity index (χ4v) is 4.01. The maximum Gasteiger partial charge on any atom is 0.253 e. The van der Waals surface area contributed by atoms with Crippen molar-refractivity contribution in [2.24, 2.45) is 4.99 Å². The van der Waals surface area contributed by atoms with Crippen molar-refractivity contribution in [1.82, 2.24) is 20.4 Å². The highest BCUT2D eigenvalue weighted by atomic mass is 127. The predicted octanol–water partition coefficient (Wildman–Crippen LogP) is 3.77. The molecule has 0 unspecified atom stereocenters. The Labute approximate surface area is 215 Å². The molecule has 6 nitrogen and oxygen atoms in total. The van der Waals surface area contributed by atoms with Crippen molar-refractivity contribution < 1.29 is 4.79 Å². The molecule has 0 aromatic heterocycles. The summed E-state index contributed by atoms with van der Waals surface area (Å²) in [6.07, 6.45) is 3.04. The zero-order valence-corrected chi connectivity index (χ0v) is 22.4. The number of nitrogens with one attached hydrogen (secondary N) is 2. The van der Waals surface area contributed by atoms with Crippen LogP contribution in [-0.2, 0) is 13.0 Å². The van der Waals surface area contributed by atoms with Gasteiger partial charge < -0.3 is 15.5 Å². The molecule has 0 atom stereocenters. The van der Waals surface area contributed by atoms with Gasteiger partial charge in [0.25, 0.3) is 5.91 Å². The van der Waals surface area contributed by atoms with Gasteiger partial charge in [-0.3, -0.25) is 14.7 Å². The monoisotopic (exact) mass is 563 g/mol. The lowest BCUT2D eigenvalue weighted by Gasteiger charge is -2.33. The van der Waals surface area contributed by atoms with Crippen molar-refractivity contribution in [2.45, 2.75) is 38.8 Å². The van der Waals surface area contributed by atoms with E-state index in [1.807, 2.05) is 18.2 Å². The molecule has 1 fully saturated rings. The van der Waals surface area contributed by atoms with Crippen LogP contribution in [0.25, 0.3) is 0 Å². The predicted molar refractivity (Wildman–Crippen MR) is 147 cm³/mol. The molecule has 1 aliphatic rings. The molecule has 2 aromatic rings. The van der Waals surface area contributed by atoms with Crippen LogP contribution in [0.2, 0.25) is 0 Å². The fraction of sp³-hybridized carbons (Fsp3) is 0.462. The van der Waals surface area contributed by atoms with Crippen molar-refractivity contribution in [1.29, 1.82) is 0 Å². The molecule has 1 saturated heterocycles. The number of hydrogen-bond donors (Lipinski definition) is 2. The molecule has 1 amide bonds. The standard InChI is InChI=1S/C26H37N5O.HI/c1-4-27-26(28-16-13-21-11-8-12-23(19-21)25(32)30(2)3)29-24-14-17-31(18-15-24)20-22-9-6-5-7-10-22;/h5-12,19,24H,4,13-18,20H2,1-3H3,(H2,27,28,29);1H. The van der Waals surface area contributed by atoms with Crippen LogP contribution in [0.5, 0.6) is 0 Å². The van der Waals surface area contributed by atoms with E-state index in [2.05, 4.69) is 58.9 Å². The number of nitrogens with zero attached hydrogens (tertiary/aromatic N) is 3. The first-order valence-corrected chi connectivity index (χ1v) is 11.7. The highest BCUT2D eigenvalue weighted by Crippen LogP contribution is 2.14. The second-order valence-electron chi connectivity index (χ2n) is 8.59. The third kappa shape index (κ3) is 8.97. The molecule has 180 valence electrons. The van der Waals surface area contributed by atoms with Gasteiger partial charge in [-0.05, 0) is 49.4 Å². The van der Waals surface area contributed by atoms with Gasteiger partial charge in [-0.15, -0.1) is 24.0 Å². The lowest BCUT2D eigenvalue weighted by atomic mass is 10.0. The van der Waals surface area contributed by atoms with Gasteiger partial charge in [0, 0.05) is 58.4 Å². The molecular formula is C26H38IN5O. The van der Waals surface area contributed by atoms with Crippen LogP contribution in [0.4, 0.5) is 0 Å². The Morgan fingerprint density at radius 2 is 1.76 bits per heavy atom. The number of guanidine groups is 1. The number of likely N-dealkylation sites (tertiary alicyclic amines) is 1. The van der Waals surface area contributed by atoms with E-state index >= 15 is 0 Å². The van der Waals surface area contributed by atoms with E-state index in [1.54, 1.807) is 19.0 Å². The quantitative estimate of drug-likeness (QED) is 0.292. The minimum absolute atomic E-state index is 0. The summed E-state index contributed by atoms with van der Waals surface area (Å²) in [7, 11) is 3.56. The van der Waals surface area contributed by atoms with Crippen LogP contribution in [0.1, 0.15) is 41.3 Å². The smallest absolute Gasteiger partial charge is 0.253 e. The van der Waals surface area contributed by atoms with Crippen LogP contribution in [0.3, 0.4) is 0 Å². The van der Waals surface area contributed by atoms with E-state index in [0.717, 1.165) is 62.5 Å². The number of rotatable bonds is 8. The molecular weight excluding hydrogens is 525 g/mol. The molecule has 2 aromatic carbocycles. The van der Waals surface area contributed by atoms with Crippen LogP contribution in [0, 0.1) is 0 Å². The number of carbonyl (C=O) groups excluding carboxylic acids is 1. The van der Waals surface area contributed by atoms with Crippen molar-refractivity contribution in [3.63, 3.8) is 0 Å². The van der Waals surface area contributed by atoms with Gasteiger partial charge in [0.1, 0.15) is 0 Å². The largest absolute Gasteiger partial charge is 0.357 e. The number of piperidine rings is 1. The Morgan fingerprint density at radius 3 is 2.42 bits per heavy atom. The Hall–Kier alpha value is -2.13. The average Bonchev–Trinajstić information content (AvgIpc) is 2.81. The summed E-state index contributed by atoms with van der Waals surface area (Å²) in [5.41, 5.74) is 3.24. The maximum absolute atomic E-state index is 12.2. The minimum Gasteiger partial charge on any atom is -0.357 e.